The minimum Gasteiger partial charge on any atom is -0.374 e. The maximum Gasteiger partial charge on any atom is 0.180 e. The van der Waals surface area contributed by atoms with Crippen LogP contribution < -0.4 is 5.32 Å². The lowest BCUT2D eigenvalue weighted by Gasteiger charge is -2.15. The van der Waals surface area contributed by atoms with Gasteiger partial charge in [-0.05, 0) is 18.1 Å². The van der Waals surface area contributed by atoms with Crippen LogP contribution in [0.5, 0.6) is 0 Å². The van der Waals surface area contributed by atoms with Crippen LogP contribution >= 0.6 is 0 Å². The summed E-state index contributed by atoms with van der Waals surface area (Å²) in [6, 6.07) is 6.06. The van der Waals surface area contributed by atoms with Crippen LogP contribution in [-0.4, -0.2) is 11.8 Å². The van der Waals surface area contributed by atoms with Gasteiger partial charge in [0, 0.05) is 17.3 Å². The molecular weight excluding hydrogens is 205 g/mol. The Balaban J connectivity index is 2.25. The predicted octanol–water partition coefficient (Wildman–Crippen LogP) is 2.36. The molecule has 0 radical (unpaired) electrons. The highest BCUT2D eigenvalue weighted by Gasteiger charge is 2.27. The lowest BCUT2D eigenvalue weighted by Crippen LogP contribution is -2.33. The smallest absolute Gasteiger partial charge is 0.180 e. The zero-order chi connectivity index (χ0) is 11.7. The first kappa shape index (κ1) is 10.9. The van der Waals surface area contributed by atoms with Crippen LogP contribution in [-0.2, 0) is 4.79 Å². The van der Waals surface area contributed by atoms with E-state index in [4.69, 9.17) is 0 Å². The monoisotopic (exact) mass is 219 g/mol. The SMILES string of the molecule is CC(C)C1NC(c2cccc(F)c2)=CC1=O. The van der Waals surface area contributed by atoms with Gasteiger partial charge < -0.3 is 5.32 Å². The summed E-state index contributed by atoms with van der Waals surface area (Å²) in [5.41, 5.74) is 1.43. The van der Waals surface area contributed by atoms with Crippen molar-refractivity contribution in [2.45, 2.75) is 19.9 Å². The fourth-order valence-corrected chi connectivity index (χ4v) is 1.83. The first-order valence-corrected chi connectivity index (χ1v) is 5.36. The summed E-state index contributed by atoms with van der Waals surface area (Å²) in [4.78, 5) is 11.7. The van der Waals surface area contributed by atoms with Crippen LogP contribution in [0.1, 0.15) is 19.4 Å². The summed E-state index contributed by atoms with van der Waals surface area (Å²) in [5.74, 6) is 0.00437. The zero-order valence-electron chi connectivity index (χ0n) is 9.33. The topological polar surface area (TPSA) is 29.1 Å². The second-order valence-electron chi connectivity index (χ2n) is 4.34. The standard InChI is InChI=1S/C13H14FNO/c1-8(2)13-12(16)7-11(15-13)9-4-3-5-10(14)6-9/h3-8,13,15H,1-2H3. The van der Waals surface area contributed by atoms with Gasteiger partial charge in [0.1, 0.15) is 5.82 Å². The average molecular weight is 219 g/mol. The van der Waals surface area contributed by atoms with Crippen molar-refractivity contribution < 1.29 is 9.18 Å². The number of hydrogen-bond donors (Lipinski definition) is 1. The molecule has 0 spiro atoms. The molecule has 2 rings (SSSR count). The number of benzene rings is 1. The van der Waals surface area contributed by atoms with Crippen molar-refractivity contribution in [2.75, 3.05) is 0 Å². The summed E-state index contributed by atoms with van der Waals surface area (Å²) in [5, 5.41) is 3.13. The van der Waals surface area contributed by atoms with E-state index >= 15 is 0 Å². The molecule has 1 atom stereocenters. The lowest BCUT2D eigenvalue weighted by molar-refractivity contribution is -0.116. The molecule has 1 heterocycles. The van der Waals surface area contributed by atoms with E-state index in [1.807, 2.05) is 13.8 Å². The van der Waals surface area contributed by atoms with Gasteiger partial charge in [0.15, 0.2) is 5.78 Å². The molecule has 2 nitrogen and oxygen atoms in total. The highest BCUT2D eigenvalue weighted by molar-refractivity contribution is 6.04. The molecule has 0 saturated carbocycles. The number of carbonyl (C=O) groups excluding carboxylic acids is 1. The van der Waals surface area contributed by atoms with E-state index in [1.54, 1.807) is 18.2 Å². The molecule has 3 heteroatoms. The van der Waals surface area contributed by atoms with E-state index in [2.05, 4.69) is 5.32 Å². The average Bonchev–Trinajstić information content (AvgIpc) is 2.60. The first-order valence-electron chi connectivity index (χ1n) is 5.36. The van der Waals surface area contributed by atoms with E-state index in [1.165, 1.54) is 12.1 Å². The molecule has 1 aliphatic heterocycles. The minimum atomic E-state index is -0.291. The van der Waals surface area contributed by atoms with Gasteiger partial charge in [-0.1, -0.05) is 26.0 Å². The Labute approximate surface area is 94.2 Å². The second-order valence-corrected chi connectivity index (χ2v) is 4.34. The summed E-state index contributed by atoms with van der Waals surface area (Å²) in [6.45, 7) is 3.97. The van der Waals surface area contributed by atoms with E-state index in [0.717, 1.165) is 5.56 Å². The van der Waals surface area contributed by atoms with Crippen LogP contribution in [0.3, 0.4) is 0 Å². The van der Waals surface area contributed by atoms with Crippen molar-refractivity contribution in [2.24, 2.45) is 5.92 Å². The van der Waals surface area contributed by atoms with E-state index in [-0.39, 0.29) is 23.6 Å². The molecule has 0 amide bonds. The zero-order valence-corrected chi connectivity index (χ0v) is 9.33. The van der Waals surface area contributed by atoms with Gasteiger partial charge in [0.2, 0.25) is 0 Å². The van der Waals surface area contributed by atoms with Crippen LogP contribution in [0.25, 0.3) is 5.70 Å². The Hall–Kier alpha value is -1.64. The Morgan fingerprint density at radius 1 is 1.38 bits per heavy atom. The normalized spacial score (nSPS) is 19.9. The van der Waals surface area contributed by atoms with Gasteiger partial charge >= 0.3 is 0 Å². The molecule has 1 aliphatic rings. The maximum absolute atomic E-state index is 13.0. The molecule has 16 heavy (non-hydrogen) atoms. The molecule has 0 aromatic heterocycles. The molecule has 0 aliphatic carbocycles. The van der Waals surface area contributed by atoms with Crippen molar-refractivity contribution in [1.82, 2.24) is 5.32 Å². The Morgan fingerprint density at radius 3 is 2.69 bits per heavy atom. The van der Waals surface area contributed by atoms with E-state index < -0.39 is 0 Å². The fraction of sp³-hybridized carbons (Fsp3) is 0.308. The molecule has 1 aromatic rings. The summed E-state index contributed by atoms with van der Waals surface area (Å²) < 4.78 is 13.0. The summed E-state index contributed by atoms with van der Waals surface area (Å²) in [6.07, 6.45) is 1.56. The van der Waals surface area contributed by atoms with Gasteiger partial charge in [-0.25, -0.2) is 4.39 Å². The number of halogens is 1. The number of rotatable bonds is 2. The van der Waals surface area contributed by atoms with Gasteiger partial charge in [-0.3, -0.25) is 4.79 Å². The highest BCUT2D eigenvalue weighted by Crippen LogP contribution is 2.21. The number of hydrogen-bond acceptors (Lipinski definition) is 2. The van der Waals surface area contributed by atoms with Gasteiger partial charge in [-0.2, -0.15) is 0 Å². The Morgan fingerprint density at radius 2 is 2.12 bits per heavy atom. The fourth-order valence-electron chi connectivity index (χ4n) is 1.83. The number of nitrogens with one attached hydrogen (secondary N) is 1. The first-order chi connectivity index (χ1) is 7.58. The van der Waals surface area contributed by atoms with Crippen molar-refractivity contribution in [1.29, 1.82) is 0 Å². The largest absolute Gasteiger partial charge is 0.374 e. The third-order valence-electron chi connectivity index (χ3n) is 2.71. The quantitative estimate of drug-likeness (QED) is 0.827. The van der Waals surface area contributed by atoms with Crippen LogP contribution in [0, 0.1) is 11.7 Å². The molecule has 1 unspecified atom stereocenters. The molecule has 0 bridgehead atoms. The number of carbonyl (C=O) groups is 1. The summed E-state index contributed by atoms with van der Waals surface area (Å²) >= 11 is 0. The lowest BCUT2D eigenvalue weighted by atomic mass is 10.0. The maximum atomic E-state index is 13.0. The van der Waals surface area contributed by atoms with Crippen molar-refractivity contribution in [3.05, 3.63) is 41.7 Å². The third kappa shape index (κ3) is 1.98. The third-order valence-corrected chi connectivity index (χ3v) is 2.71. The molecule has 84 valence electrons. The highest BCUT2D eigenvalue weighted by atomic mass is 19.1. The number of ketones is 1. The molecular formula is C13H14FNO. The van der Waals surface area contributed by atoms with E-state index in [9.17, 15) is 9.18 Å². The van der Waals surface area contributed by atoms with Gasteiger partial charge in [-0.15, -0.1) is 0 Å². The van der Waals surface area contributed by atoms with Crippen molar-refractivity contribution in [3.63, 3.8) is 0 Å². The Kier molecular flexibility index (Phi) is 2.77. The van der Waals surface area contributed by atoms with Gasteiger partial charge in [0.25, 0.3) is 0 Å². The molecule has 0 saturated heterocycles. The predicted molar refractivity (Wildman–Crippen MR) is 61.1 cm³/mol. The Bertz CT molecular complexity index is 451. The minimum absolute atomic E-state index is 0.0641. The van der Waals surface area contributed by atoms with E-state index in [0.29, 0.717) is 5.70 Å². The summed E-state index contributed by atoms with van der Waals surface area (Å²) in [7, 11) is 0. The molecule has 0 fully saturated rings. The van der Waals surface area contributed by atoms with Gasteiger partial charge in [0.05, 0.1) is 6.04 Å². The van der Waals surface area contributed by atoms with Crippen LogP contribution in [0.4, 0.5) is 4.39 Å². The molecule has 1 N–H and O–H groups in total. The molecule has 1 aromatic carbocycles. The van der Waals surface area contributed by atoms with Crippen molar-refractivity contribution in [3.8, 4) is 0 Å². The second kappa shape index (κ2) is 4.08. The van der Waals surface area contributed by atoms with Crippen molar-refractivity contribution >= 4 is 11.5 Å². The van der Waals surface area contributed by atoms with Crippen LogP contribution in [0.15, 0.2) is 30.3 Å². The van der Waals surface area contributed by atoms with Crippen LogP contribution in [0.2, 0.25) is 0 Å².